The molecule has 0 aliphatic carbocycles. The summed E-state index contributed by atoms with van der Waals surface area (Å²) >= 11 is 0. The van der Waals surface area contributed by atoms with Crippen molar-refractivity contribution < 1.29 is 0 Å². The lowest BCUT2D eigenvalue weighted by atomic mass is 10.4. The normalized spacial score (nSPS) is 12.7. The van der Waals surface area contributed by atoms with Gasteiger partial charge in [-0.2, -0.15) is 0 Å². The first-order valence-electron chi connectivity index (χ1n) is 2.30. The van der Waals surface area contributed by atoms with Gasteiger partial charge >= 0.3 is 0 Å². The summed E-state index contributed by atoms with van der Waals surface area (Å²) in [5.41, 5.74) is 0. The Morgan fingerprint density at radius 1 is 2.00 bits per heavy atom. The molecule has 1 nitrogen and oxygen atoms in total. The van der Waals surface area contributed by atoms with Crippen LogP contribution in [-0.4, -0.2) is 12.6 Å². The van der Waals surface area contributed by atoms with Crippen molar-refractivity contribution in [3.63, 3.8) is 0 Å². The van der Waals surface area contributed by atoms with Gasteiger partial charge in [-0.15, -0.1) is 6.42 Å². The molecule has 0 heterocycles. The molecule has 1 unspecified atom stereocenters. The Morgan fingerprint density at radius 2 is 2.57 bits per heavy atom. The van der Waals surface area contributed by atoms with E-state index in [1.54, 1.807) is 0 Å². The molecule has 0 saturated carbocycles. The summed E-state index contributed by atoms with van der Waals surface area (Å²) in [6, 6.07) is 0.164. The molecule has 39 valence electrons. The lowest BCUT2D eigenvalue weighted by Gasteiger charge is -2.00. The van der Waals surface area contributed by atoms with E-state index in [9.17, 15) is 0 Å². The predicted molar refractivity (Wildman–Crippen MR) is 31.7 cm³/mol. The van der Waals surface area contributed by atoms with E-state index in [4.69, 9.17) is 6.42 Å². The fraction of sp³-hybridized carbons (Fsp3) is 0.500. The molecule has 1 atom stereocenters. The number of terminal acetylenes is 1. The average molecular weight is 96.2 g/mol. The zero-order valence-electron chi connectivity index (χ0n) is 4.57. The SMILES string of the molecule is C#CC(C)NC[CH2]. The van der Waals surface area contributed by atoms with E-state index in [-0.39, 0.29) is 6.04 Å². The van der Waals surface area contributed by atoms with Gasteiger partial charge in [0.05, 0.1) is 6.04 Å². The van der Waals surface area contributed by atoms with E-state index in [1.807, 2.05) is 6.92 Å². The van der Waals surface area contributed by atoms with E-state index >= 15 is 0 Å². The first kappa shape index (κ1) is 6.52. The summed E-state index contributed by atoms with van der Waals surface area (Å²) in [5, 5.41) is 2.95. The summed E-state index contributed by atoms with van der Waals surface area (Å²) in [5.74, 6) is 2.51. The van der Waals surface area contributed by atoms with Gasteiger partial charge in [-0.3, -0.25) is 0 Å². The molecule has 0 bridgehead atoms. The van der Waals surface area contributed by atoms with Gasteiger partial charge in [0.15, 0.2) is 0 Å². The van der Waals surface area contributed by atoms with Crippen molar-refractivity contribution in [1.29, 1.82) is 0 Å². The van der Waals surface area contributed by atoms with Crippen molar-refractivity contribution in [2.24, 2.45) is 0 Å². The molecular formula is C6H10N. The first-order valence-corrected chi connectivity index (χ1v) is 2.30. The summed E-state index contributed by atoms with van der Waals surface area (Å²) in [6.45, 7) is 6.19. The monoisotopic (exact) mass is 96.1 g/mol. The van der Waals surface area contributed by atoms with E-state index in [2.05, 4.69) is 18.2 Å². The molecule has 0 fully saturated rings. The number of rotatable bonds is 2. The Labute approximate surface area is 45.1 Å². The number of hydrogen-bond acceptors (Lipinski definition) is 1. The molecule has 0 spiro atoms. The maximum absolute atomic E-state index is 5.02. The van der Waals surface area contributed by atoms with Crippen LogP contribution in [0, 0.1) is 19.3 Å². The van der Waals surface area contributed by atoms with Gasteiger partial charge in [-0.25, -0.2) is 0 Å². The van der Waals surface area contributed by atoms with Crippen LogP contribution in [-0.2, 0) is 0 Å². The molecule has 1 radical (unpaired) electrons. The minimum Gasteiger partial charge on any atom is -0.304 e. The fourth-order valence-corrected chi connectivity index (χ4v) is 0.275. The molecule has 1 N–H and O–H groups in total. The molecule has 0 saturated heterocycles. The Morgan fingerprint density at radius 3 is 2.71 bits per heavy atom. The Kier molecular flexibility index (Phi) is 3.45. The van der Waals surface area contributed by atoms with Gasteiger partial charge < -0.3 is 5.32 Å². The average Bonchev–Trinajstić information content (AvgIpc) is 1.68. The molecule has 0 rings (SSSR count). The van der Waals surface area contributed by atoms with Crippen molar-refractivity contribution in [3.05, 3.63) is 6.92 Å². The van der Waals surface area contributed by atoms with Crippen molar-refractivity contribution in [3.8, 4) is 12.3 Å². The highest BCUT2D eigenvalue weighted by molar-refractivity contribution is 4.95. The lowest BCUT2D eigenvalue weighted by Crippen LogP contribution is -2.23. The molecule has 0 aromatic heterocycles. The van der Waals surface area contributed by atoms with E-state index in [0.29, 0.717) is 6.54 Å². The van der Waals surface area contributed by atoms with Gasteiger partial charge in [-0.1, -0.05) is 5.92 Å². The largest absolute Gasteiger partial charge is 0.304 e. The quantitative estimate of drug-likeness (QED) is 0.492. The van der Waals surface area contributed by atoms with Crippen LogP contribution in [0.15, 0.2) is 0 Å². The second-order valence-corrected chi connectivity index (χ2v) is 1.34. The molecule has 0 aliphatic rings. The van der Waals surface area contributed by atoms with Gasteiger partial charge in [0.25, 0.3) is 0 Å². The highest BCUT2D eigenvalue weighted by Crippen LogP contribution is 1.71. The highest BCUT2D eigenvalue weighted by atomic mass is 14.9. The van der Waals surface area contributed by atoms with Crippen LogP contribution in [0.1, 0.15) is 6.92 Å². The third-order valence-electron chi connectivity index (χ3n) is 0.701. The fourth-order valence-electron chi connectivity index (χ4n) is 0.275. The highest BCUT2D eigenvalue weighted by Gasteiger charge is 1.86. The van der Waals surface area contributed by atoms with Crippen molar-refractivity contribution in [1.82, 2.24) is 5.32 Å². The van der Waals surface area contributed by atoms with Crippen LogP contribution < -0.4 is 5.32 Å². The number of nitrogens with one attached hydrogen (secondary N) is 1. The van der Waals surface area contributed by atoms with Gasteiger partial charge in [0, 0.05) is 0 Å². The summed E-state index contributed by atoms with van der Waals surface area (Å²) in [7, 11) is 0. The van der Waals surface area contributed by atoms with Crippen LogP contribution in [0.4, 0.5) is 0 Å². The number of hydrogen-bond donors (Lipinski definition) is 1. The van der Waals surface area contributed by atoms with E-state index in [1.165, 1.54) is 0 Å². The van der Waals surface area contributed by atoms with Crippen LogP contribution in [0.5, 0.6) is 0 Å². The lowest BCUT2D eigenvalue weighted by molar-refractivity contribution is 0.702. The van der Waals surface area contributed by atoms with Gasteiger partial charge in [0.2, 0.25) is 0 Å². The standard InChI is InChI=1S/C6H10N/c1-4-6(3)7-5-2/h1,6-7H,2,5H2,3H3. The molecular weight excluding hydrogens is 86.1 g/mol. The Hall–Kier alpha value is -0.480. The zero-order chi connectivity index (χ0) is 5.70. The molecule has 0 aromatic carbocycles. The predicted octanol–water partition coefficient (Wildman–Crippen LogP) is 0.432. The first-order chi connectivity index (χ1) is 3.31. The minimum absolute atomic E-state index is 0.164. The van der Waals surface area contributed by atoms with Crippen molar-refractivity contribution in [2.75, 3.05) is 6.54 Å². The topological polar surface area (TPSA) is 12.0 Å². The summed E-state index contributed by atoms with van der Waals surface area (Å²) < 4.78 is 0. The maximum Gasteiger partial charge on any atom is 0.0658 e. The van der Waals surface area contributed by atoms with Crippen molar-refractivity contribution in [2.45, 2.75) is 13.0 Å². The molecule has 0 aliphatic heterocycles. The van der Waals surface area contributed by atoms with Gasteiger partial charge in [0.1, 0.15) is 0 Å². The zero-order valence-corrected chi connectivity index (χ0v) is 4.57. The van der Waals surface area contributed by atoms with E-state index in [0.717, 1.165) is 0 Å². The Balaban J connectivity index is 3.04. The molecule has 0 amide bonds. The second kappa shape index (κ2) is 3.70. The third-order valence-corrected chi connectivity index (χ3v) is 0.701. The second-order valence-electron chi connectivity index (χ2n) is 1.34. The van der Waals surface area contributed by atoms with Gasteiger partial charge in [-0.05, 0) is 20.4 Å². The van der Waals surface area contributed by atoms with E-state index < -0.39 is 0 Å². The molecule has 1 heteroatoms. The molecule has 0 aromatic rings. The summed E-state index contributed by atoms with van der Waals surface area (Å²) in [4.78, 5) is 0. The Bertz CT molecular complexity index is 70.7. The molecule has 7 heavy (non-hydrogen) atoms. The maximum atomic E-state index is 5.02. The van der Waals surface area contributed by atoms with Crippen LogP contribution in [0.3, 0.4) is 0 Å². The smallest absolute Gasteiger partial charge is 0.0658 e. The third kappa shape index (κ3) is 3.35. The van der Waals surface area contributed by atoms with Crippen LogP contribution in [0.2, 0.25) is 0 Å². The van der Waals surface area contributed by atoms with Crippen molar-refractivity contribution >= 4 is 0 Å². The van der Waals surface area contributed by atoms with Crippen LogP contribution in [0.25, 0.3) is 0 Å². The van der Waals surface area contributed by atoms with Crippen LogP contribution >= 0.6 is 0 Å². The summed E-state index contributed by atoms with van der Waals surface area (Å²) in [6.07, 6.45) is 5.02. The minimum atomic E-state index is 0.164.